The van der Waals surface area contributed by atoms with Crippen LogP contribution in [0.15, 0.2) is 41.3 Å². The molecule has 0 radical (unpaired) electrons. The van der Waals surface area contributed by atoms with Gasteiger partial charge in [0.2, 0.25) is 5.82 Å². The second kappa shape index (κ2) is 6.01. The van der Waals surface area contributed by atoms with Crippen LogP contribution in [0, 0.1) is 22.9 Å². The van der Waals surface area contributed by atoms with Gasteiger partial charge in [-0.15, -0.1) is 0 Å². The van der Waals surface area contributed by atoms with Crippen LogP contribution in [0.4, 0.5) is 15.8 Å². The minimum atomic E-state index is -1.37. The monoisotopic (exact) mass is 308 g/mol. The first-order valence-electron chi connectivity index (χ1n) is 6.06. The van der Waals surface area contributed by atoms with Crippen molar-refractivity contribution in [3.05, 3.63) is 63.5 Å². The van der Waals surface area contributed by atoms with E-state index < -0.39 is 27.2 Å². The maximum Gasteiger partial charge on any atom is 0.304 e. The molecule has 0 aliphatic carbocycles. The van der Waals surface area contributed by atoms with Crippen molar-refractivity contribution in [2.24, 2.45) is 0 Å². The third-order valence-corrected chi connectivity index (χ3v) is 4.49. The summed E-state index contributed by atoms with van der Waals surface area (Å²) in [6.45, 7) is 1.79. The summed E-state index contributed by atoms with van der Waals surface area (Å²) in [7, 11) is -1.37. The van der Waals surface area contributed by atoms with Crippen molar-refractivity contribution in [3.63, 3.8) is 0 Å². The molecule has 7 heteroatoms. The number of hydrogen-bond acceptors (Lipinski definition) is 4. The molecule has 110 valence electrons. The van der Waals surface area contributed by atoms with Gasteiger partial charge in [0.25, 0.3) is 0 Å². The quantitative estimate of drug-likeness (QED) is 0.534. The van der Waals surface area contributed by atoms with Gasteiger partial charge in [-0.25, -0.2) is 0 Å². The van der Waals surface area contributed by atoms with Crippen LogP contribution in [0.2, 0.25) is 0 Å². The lowest BCUT2D eigenvalue weighted by Gasteiger charge is -2.07. The Morgan fingerprint density at radius 2 is 2.00 bits per heavy atom. The highest BCUT2D eigenvalue weighted by atomic mass is 32.2. The summed E-state index contributed by atoms with van der Waals surface area (Å²) < 4.78 is 25.8. The van der Waals surface area contributed by atoms with Crippen LogP contribution in [0.25, 0.3) is 0 Å². The Morgan fingerprint density at radius 3 is 2.57 bits per heavy atom. The van der Waals surface area contributed by atoms with Crippen LogP contribution < -0.4 is 5.73 Å². The minimum Gasteiger partial charge on any atom is -0.399 e. The Kier molecular flexibility index (Phi) is 4.32. The van der Waals surface area contributed by atoms with Crippen molar-refractivity contribution in [3.8, 4) is 0 Å². The molecule has 0 fully saturated rings. The molecule has 2 aromatic carbocycles. The molecule has 0 heterocycles. The summed E-state index contributed by atoms with van der Waals surface area (Å²) in [5, 5.41) is 10.5. The summed E-state index contributed by atoms with van der Waals surface area (Å²) in [6.07, 6.45) is 0. The predicted molar refractivity (Wildman–Crippen MR) is 78.8 cm³/mol. The first kappa shape index (κ1) is 15.1. The molecule has 0 bridgehead atoms. The minimum absolute atomic E-state index is 0.0830. The molecule has 21 heavy (non-hydrogen) atoms. The second-order valence-electron chi connectivity index (χ2n) is 4.56. The van der Waals surface area contributed by atoms with Gasteiger partial charge in [0, 0.05) is 16.6 Å². The molecule has 1 unspecified atom stereocenters. The molecule has 0 saturated carbocycles. The Hall–Kier alpha value is -2.28. The molecule has 5 nitrogen and oxygen atoms in total. The molecule has 2 N–H and O–H groups in total. The number of rotatable bonds is 4. The van der Waals surface area contributed by atoms with Crippen LogP contribution >= 0.6 is 0 Å². The fraction of sp³-hybridized carbons (Fsp3) is 0.143. The Morgan fingerprint density at radius 1 is 1.29 bits per heavy atom. The number of anilines is 1. The van der Waals surface area contributed by atoms with Crippen molar-refractivity contribution in [2.45, 2.75) is 17.6 Å². The van der Waals surface area contributed by atoms with Gasteiger partial charge in [-0.2, -0.15) is 4.39 Å². The van der Waals surface area contributed by atoms with Gasteiger partial charge in [-0.1, -0.05) is 6.07 Å². The first-order chi connectivity index (χ1) is 9.88. The zero-order valence-corrected chi connectivity index (χ0v) is 12.0. The van der Waals surface area contributed by atoms with Gasteiger partial charge >= 0.3 is 5.69 Å². The van der Waals surface area contributed by atoms with E-state index in [0.717, 1.165) is 17.7 Å². The van der Waals surface area contributed by atoms with Crippen molar-refractivity contribution < 1.29 is 13.5 Å². The summed E-state index contributed by atoms with van der Waals surface area (Å²) in [4.78, 5) is 10.4. The molecule has 0 saturated heterocycles. The van der Waals surface area contributed by atoms with E-state index in [1.807, 2.05) is 0 Å². The van der Waals surface area contributed by atoms with Gasteiger partial charge < -0.3 is 5.73 Å². The van der Waals surface area contributed by atoms with Crippen molar-refractivity contribution in [1.29, 1.82) is 0 Å². The number of aryl methyl sites for hydroxylation is 1. The Balaban J connectivity index is 2.23. The molecule has 0 aliphatic heterocycles. The lowest BCUT2D eigenvalue weighted by molar-refractivity contribution is -0.387. The Bertz CT molecular complexity index is 734. The topological polar surface area (TPSA) is 86.2 Å². The van der Waals surface area contributed by atoms with Crippen LogP contribution in [-0.4, -0.2) is 9.13 Å². The molecule has 0 spiro atoms. The van der Waals surface area contributed by atoms with E-state index in [1.165, 1.54) is 6.07 Å². The number of hydrogen-bond donors (Lipinski definition) is 1. The molecule has 2 aromatic rings. The molecule has 0 aliphatic rings. The van der Waals surface area contributed by atoms with E-state index in [2.05, 4.69) is 0 Å². The predicted octanol–water partition coefficient (Wildman–Crippen LogP) is 2.93. The van der Waals surface area contributed by atoms with E-state index in [0.29, 0.717) is 16.1 Å². The van der Waals surface area contributed by atoms with Crippen molar-refractivity contribution in [2.75, 3.05) is 5.73 Å². The third-order valence-electron chi connectivity index (χ3n) is 2.95. The molecule has 2 rings (SSSR count). The lowest BCUT2D eigenvalue weighted by Crippen LogP contribution is -2.01. The summed E-state index contributed by atoms with van der Waals surface area (Å²) in [6, 6.07) is 8.56. The van der Waals surface area contributed by atoms with Gasteiger partial charge in [-0.3, -0.25) is 14.3 Å². The molecule has 1 atom stereocenters. The summed E-state index contributed by atoms with van der Waals surface area (Å²) >= 11 is 0. The highest BCUT2D eigenvalue weighted by Crippen LogP contribution is 2.22. The zero-order valence-electron chi connectivity index (χ0n) is 11.2. The first-order valence-corrected chi connectivity index (χ1v) is 7.37. The van der Waals surface area contributed by atoms with E-state index >= 15 is 0 Å². The van der Waals surface area contributed by atoms with Crippen LogP contribution in [-0.2, 0) is 16.6 Å². The number of benzene rings is 2. The normalized spacial score (nSPS) is 12.1. The van der Waals surface area contributed by atoms with E-state index in [9.17, 15) is 18.7 Å². The van der Waals surface area contributed by atoms with E-state index in [1.54, 1.807) is 25.1 Å². The number of halogens is 1. The Labute approximate surface area is 123 Å². The largest absolute Gasteiger partial charge is 0.399 e. The van der Waals surface area contributed by atoms with E-state index in [4.69, 9.17) is 5.73 Å². The van der Waals surface area contributed by atoms with Crippen LogP contribution in [0.3, 0.4) is 0 Å². The highest BCUT2D eigenvalue weighted by Gasteiger charge is 2.15. The molecule has 0 amide bonds. The average Bonchev–Trinajstić information content (AvgIpc) is 2.37. The maximum absolute atomic E-state index is 13.5. The lowest BCUT2D eigenvalue weighted by atomic mass is 10.2. The molecule has 0 aromatic heterocycles. The van der Waals surface area contributed by atoms with Gasteiger partial charge in [-0.05, 0) is 42.3 Å². The molecular weight excluding hydrogens is 295 g/mol. The molecular formula is C14H13FN2O3S. The number of nitrogens with zero attached hydrogens (tertiary/aromatic N) is 1. The fourth-order valence-corrected chi connectivity index (χ4v) is 3.22. The third kappa shape index (κ3) is 3.43. The number of nitro groups is 1. The van der Waals surface area contributed by atoms with Crippen LogP contribution in [0.5, 0.6) is 0 Å². The van der Waals surface area contributed by atoms with E-state index in [-0.39, 0.29) is 5.75 Å². The average molecular weight is 308 g/mol. The van der Waals surface area contributed by atoms with Crippen LogP contribution in [0.1, 0.15) is 11.1 Å². The zero-order chi connectivity index (χ0) is 15.6. The maximum atomic E-state index is 13.5. The van der Waals surface area contributed by atoms with Gasteiger partial charge in [0.1, 0.15) is 0 Å². The van der Waals surface area contributed by atoms with Gasteiger partial charge in [0.05, 0.1) is 21.5 Å². The fourth-order valence-electron chi connectivity index (χ4n) is 1.95. The smallest absolute Gasteiger partial charge is 0.304 e. The number of nitro benzene ring substituents is 1. The summed E-state index contributed by atoms with van der Waals surface area (Å²) in [5.41, 5.74) is 6.85. The second-order valence-corrected chi connectivity index (χ2v) is 5.98. The van der Waals surface area contributed by atoms with Crippen molar-refractivity contribution in [1.82, 2.24) is 0 Å². The number of nitrogen functional groups attached to an aromatic ring is 1. The SMILES string of the molecule is Cc1cc(N)ccc1S(=O)Cc1ccc([N+](=O)[O-])c(F)c1. The van der Waals surface area contributed by atoms with Crippen molar-refractivity contribution >= 4 is 22.2 Å². The number of nitrogens with two attached hydrogens (primary N) is 1. The summed E-state index contributed by atoms with van der Waals surface area (Å²) in [5.74, 6) is -0.844. The highest BCUT2D eigenvalue weighted by molar-refractivity contribution is 7.84. The standard InChI is InChI=1S/C14H13FN2O3S/c1-9-6-11(16)3-5-14(9)21(20)8-10-2-4-13(17(18)19)12(15)7-10/h2-7H,8,16H2,1H3. The van der Waals surface area contributed by atoms with Gasteiger partial charge in [0.15, 0.2) is 0 Å².